The van der Waals surface area contributed by atoms with E-state index in [1.807, 2.05) is 51.1 Å². The van der Waals surface area contributed by atoms with Gasteiger partial charge in [0.15, 0.2) is 5.78 Å². The summed E-state index contributed by atoms with van der Waals surface area (Å²) in [6.07, 6.45) is 2.93. The molecule has 1 amide bonds. The highest BCUT2D eigenvalue weighted by molar-refractivity contribution is 5.95. The third-order valence-electron chi connectivity index (χ3n) is 4.52. The molecule has 1 aromatic heterocycles. The van der Waals surface area contributed by atoms with Gasteiger partial charge in [-0.05, 0) is 32.8 Å². The van der Waals surface area contributed by atoms with Gasteiger partial charge in [-0.1, -0.05) is 30.3 Å². The molecule has 1 N–H and O–H groups in total. The number of hydrogen-bond acceptors (Lipinski definition) is 3. The predicted octanol–water partition coefficient (Wildman–Crippen LogP) is 3.90. The largest absolute Gasteiger partial charge is 0.465 e. The van der Waals surface area contributed by atoms with E-state index in [9.17, 15) is 14.7 Å². The third kappa shape index (κ3) is 4.47. The number of aryl methyl sites for hydroxylation is 1. The highest BCUT2D eigenvalue weighted by Gasteiger charge is 2.35. The average Bonchev–Trinajstić information content (AvgIpc) is 2.99. The molecule has 25 heavy (non-hydrogen) atoms. The van der Waals surface area contributed by atoms with Crippen molar-refractivity contribution >= 4 is 11.9 Å². The van der Waals surface area contributed by atoms with Crippen molar-refractivity contribution in [2.75, 3.05) is 0 Å². The van der Waals surface area contributed by atoms with Gasteiger partial charge in [-0.2, -0.15) is 5.10 Å². The Morgan fingerprint density at radius 1 is 1.28 bits per heavy atom. The van der Waals surface area contributed by atoms with Gasteiger partial charge in [0.05, 0.1) is 17.8 Å². The molecule has 0 fully saturated rings. The molecule has 2 rings (SSSR count). The molecule has 2 aromatic rings. The fraction of sp³-hybridized carbons (Fsp3) is 0.421. The molecule has 1 atom stereocenters. The Morgan fingerprint density at radius 3 is 2.44 bits per heavy atom. The lowest BCUT2D eigenvalue weighted by atomic mass is 9.91. The van der Waals surface area contributed by atoms with Gasteiger partial charge in [0.25, 0.3) is 0 Å². The van der Waals surface area contributed by atoms with E-state index in [-0.39, 0.29) is 18.2 Å². The summed E-state index contributed by atoms with van der Waals surface area (Å²) in [7, 11) is 1.76. The molecule has 1 unspecified atom stereocenters. The molecule has 1 heterocycles. The summed E-state index contributed by atoms with van der Waals surface area (Å²) in [6, 6.07) is 9.21. The summed E-state index contributed by atoms with van der Waals surface area (Å²) in [5, 5.41) is 13.8. The number of carbonyl (C=O) groups excluding carboxylic acids is 1. The van der Waals surface area contributed by atoms with Crippen LogP contribution in [0, 0.1) is 0 Å². The van der Waals surface area contributed by atoms with Gasteiger partial charge in [-0.3, -0.25) is 14.4 Å². The van der Waals surface area contributed by atoms with Crippen LogP contribution < -0.4 is 0 Å². The second kappa shape index (κ2) is 7.51. The van der Waals surface area contributed by atoms with Crippen molar-refractivity contribution in [3.05, 3.63) is 53.9 Å². The molecule has 0 spiro atoms. The Morgan fingerprint density at radius 2 is 1.92 bits per heavy atom. The first kappa shape index (κ1) is 18.7. The lowest BCUT2D eigenvalue weighted by Gasteiger charge is -2.41. The molecule has 6 heteroatoms. The number of rotatable bonds is 7. The van der Waals surface area contributed by atoms with Crippen molar-refractivity contribution in [1.82, 2.24) is 14.7 Å². The molecule has 134 valence electrons. The quantitative estimate of drug-likeness (QED) is 0.774. The van der Waals surface area contributed by atoms with Gasteiger partial charge in [-0.25, -0.2) is 4.79 Å². The van der Waals surface area contributed by atoms with E-state index in [1.54, 1.807) is 17.9 Å². The number of carbonyl (C=O) groups is 2. The average molecular weight is 343 g/mol. The standard InChI is InChI=1S/C19H25N3O3/c1-14(15-8-6-5-7-9-15)22(18(24)25)19(2,3)11-10-17(23)16-12-20-21(4)13-16/h5-9,12-14H,10-11H2,1-4H3,(H,24,25). The van der Waals surface area contributed by atoms with E-state index in [4.69, 9.17) is 0 Å². The van der Waals surface area contributed by atoms with Crippen LogP contribution in [0.3, 0.4) is 0 Å². The fourth-order valence-corrected chi connectivity index (χ4v) is 3.08. The van der Waals surface area contributed by atoms with Crippen LogP contribution in [0.25, 0.3) is 0 Å². The van der Waals surface area contributed by atoms with Crippen molar-refractivity contribution < 1.29 is 14.7 Å². The molecule has 0 saturated heterocycles. The van der Waals surface area contributed by atoms with E-state index in [1.165, 1.54) is 11.1 Å². The van der Waals surface area contributed by atoms with Gasteiger partial charge in [0.1, 0.15) is 0 Å². The molecule has 0 aliphatic heterocycles. The number of ketones is 1. The Balaban J connectivity index is 2.13. The molecule has 1 aromatic carbocycles. The second-order valence-electron chi connectivity index (χ2n) is 6.88. The van der Waals surface area contributed by atoms with E-state index < -0.39 is 11.6 Å². The summed E-state index contributed by atoms with van der Waals surface area (Å²) in [5.74, 6) is -0.0288. The Kier molecular flexibility index (Phi) is 5.62. The first-order chi connectivity index (χ1) is 11.7. The maximum absolute atomic E-state index is 12.3. The topological polar surface area (TPSA) is 75.4 Å². The van der Waals surface area contributed by atoms with Crippen LogP contribution in [0.1, 0.15) is 55.6 Å². The van der Waals surface area contributed by atoms with E-state index in [2.05, 4.69) is 5.10 Å². The minimum atomic E-state index is -0.991. The monoisotopic (exact) mass is 343 g/mol. The maximum atomic E-state index is 12.3. The fourth-order valence-electron chi connectivity index (χ4n) is 3.08. The van der Waals surface area contributed by atoms with Crippen LogP contribution >= 0.6 is 0 Å². The Bertz CT molecular complexity index is 737. The zero-order chi connectivity index (χ0) is 18.6. The van der Waals surface area contributed by atoms with Crippen LogP contribution in [0.15, 0.2) is 42.7 Å². The highest BCUT2D eigenvalue weighted by atomic mass is 16.4. The van der Waals surface area contributed by atoms with Crippen molar-refractivity contribution in [1.29, 1.82) is 0 Å². The van der Waals surface area contributed by atoms with Crippen LogP contribution in [0.2, 0.25) is 0 Å². The summed E-state index contributed by atoms with van der Waals surface area (Å²) in [5.41, 5.74) is 0.798. The van der Waals surface area contributed by atoms with Gasteiger partial charge in [-0.15, -0.1) is 0 Å². The number of hydrogen-bond donors (Lipinski definition) is 1. The van der Waals surface area contributed by atoms with Crippen molar-refractivity contribution in [2.45, 2.75) is 45.2 Å². The van der Waals surface area contributed by atoms with Gasteiger partial charge < -0.3 is 5.11 Å². The molecule has 6 nitrogen and oxygen atoms in total. The van der Waals surface area contributed by atoms with Crippen LogP contribution in [-0.4, -0.2) is 37.2 Å². The Hall–Kier alpha value is -2.63. The highest BCUT2D eigenvalue weighted by Crippen LogP contribution is 2.31. The zero-order valence-corrected chi connectivity index (χ0v) is 15.1. The van der Waals surface area contributed by atoms with Crippen molar-refractivity contribution in [3.63, 3.8) is 0 Å². The SMILES string of the molecule is CC(c1ccccc1)N(C(=O)O)C(C)(C)CCC(=O)c1cnn(C)c1. The lowest BCUT2D eigenvalue weighted by Crippen LogP contribution is -2.48. The minimum absolute atomic E-state index is 0.0288. The summed E-state index contributed by atoms with van der Waals surface area (Å²) >= 11 is 0. The van der Waals surface area contributed by atoms with E-state index >= 15 is 0 Å². The van der Waals surface area contributed by atoms with Crippen LogP contribution in [-0.2, 0) is 7.05 Å². The number of Topliss-reactive ketones (excluding diaryl/α,β-unsaturated/α-hetero) is 1. The first-order valence-corrected chi connectivity index (χ1v) is 8.31. The molecular weight excluding hydrogens is 318 g/mol. The van der Waals surface area contributed by atoms with E-state index in [0.717, 1.165) is 5.56 Å². The van der Waals surface area contributed by atoms with Gasteiger partial charge in [0, 0.05) is 25.2 Å². The molecular formula is C19H25N3O3. The third-order valence-corrected chi connectivity index (χ3v) is 4.52. The van der Waals surface area contributed by atoms with Crippen molar-refractivity contribution in [3.8, 4) is 0 Å². The number of carboxylic acid groups (broad SMARTS) is 1. The van der Waals surface area contributed by atoms with Gasteiger partial charge >= 0.3 is 6.09 Å². The molecule has 0 bridgehead atoms. The molecule has 0 aliphatic carbocycles. The number of aromatic nitrogens is 2. The minimum Gasteiger partial charge on any atom is -0.465 e. The zero-order valence-electron chi connectivity index (χ0n) is 15.1. The number of benzene rings is 1. The smallest absolute Gasteiger partial charge is 0.408 e. The lowest BCUT2D eigenvalue weighted by molar-refractivity contribution is 0.0586. The molecule has 0 radical (unpaired) electrons. The van der Waals surface area contributed by atoms with Gasteiger partial charge in [0.2, 0.25) is 0 Å². The second-order valence-corrected chi connectivity index (χ2v) is 6.88. The molecule has 0 aliphatic rings. The normalized spacial score (nSPS) is 12.6. The first-order valence-electron chi connectivity index (χ1n) is 8.31. The van der Waals surface area contributed by atoms with E-state index in [0.29, 0.717) is 12.0 Å². The summed E-state index contributed by atoms with van der Waals surface area (Å²) in [6.45, 7) is 5.59. The maximum Gasteiger partial charge on any atom is 0.408 e. The summed E-state index contributed by atoms with van der Waals surface area (Å²) in [4.78, 5) is 25.7. The number of amides is 1. The predicted molar refractivity (Wildman–Crippen MR) is 95.6 cm³/mol. The summed E-state index contributed by atoms with van der Waals surface area (Å²) < 4.78 is 1.58. The molecule has 0 saturated carbocycles. The number of nitrogens with zero attached hydrogens (tertiary/aromatic N) is 3. The van der Waals surface area contributed by atoms with Crippen LogP contribution in [0.4, 0.5) is 4.79 Å². The van der Waals surface area contributed by atoms with Crippen LogP contribution in [0.5, 0.6) is 0 Å². The Labute approximate surface area is 148 Å². The van der Waals surface area contributed by atoms with Crippen molar-refractivity contribution in [2.24, 2.45) is 7.05 Å².